The summed E-state index contributed by atoms with van der Waals surface area (Å²) >= 11 is 0. The van der Waals surface area contributed by atoms with Gasteiger partial charge >= 0.3 is 5.97 Å². The van der Waals surface area contributed by atoms with Crippen LogP contribution in [0.4, 0.5) is 0 Å². The Morgan fingerprint density at radius 3 is 2.42 bits per heavy atom. The molecule has 36 heavy (non-hydrogen) atoms. The van der Waals surface area contributed by atoms with Gasteiger partial charge in [0.2, 0.25) is 0 Å². The third-order valence-corrected chi connectivity index (χ3v) is 6.94. The number of aliphatic hydroxyl groups excluding tert-OH is 1. The minimum Gasteiger partial charge on any atom is -0.491 e. The maximum Gasteiger partial charge on any atom is 0.309 e. The molecule has 1 N–H and O–H groups in total. The lowest BCUT2D eigenvalue weighted by Gasteiger charge is -2.32. The summed E-state index contributed by atoms with van der Waals surface area (Å²) in [7, 11) is 0. The summed E-state index contributed by atoms with van der Waals surface area (Å²) in [5.74, 6) is 0.457. The van der Waals surface area contributed by atoms with E-state index in [2.05, 4.69) is 40.7 Å². The van der Waals surface area contributed by atoms with Gasteiger partial charge in [-0.15, -0.1) is 0 Å². The van der Waals surface area contributed by atoms with Crippen LogP contribution in [-0.2, 0) is 9.53 Å². The molecule has 192 valence electrons. The van der Waals surface area contributed by atoms with Crippen LogP contribution < -0.4 is 4.74 Å². The Balaban J connectivity index is 1.43. The number of ketones is 1. The first-order chi connectivity index (χ1) is 17.3. The van der Waals surface area contributed by atoms with Crippen molar-refractivity contribution >= 4 is 22.7 Å². The number of nitrogens with zero attached hydrogens (tertiary/aromatic N) is 2. The number of β-amino-alcohol motifs (C(OH)–C–C–N with tert-alkyl or cyclic N) is 1. The van der Waals surface area contributed by atoms with E-state index >= 15 is 0 Å². The second-order valence-electron chi connectivity index (χ2n) is 9.66. The molecule has 0 unspecified atom stereocenters. The number of likely N-dealkylation sites (tertiary alicyclic amines) is 1. The highest BCUT2D eigenvalue weighted by atomic mass is 16.5. The molecule has 2 aromatic carbocycles. The SMILES string of the molecule is CCOC(=O)C1CCN(C[C@@H](O)COc2ccc3c(c2)c(C(C)=O)c(C)n3-c2ccc(C)cc2)CC1. The number of hydrogen-bond donors (Lipinski definition) is 1. The minimum absolute atomic E-state index is 0.00627. The van der Waals surface area contributed by atoms with E-state index in [0.717, 1.165) is 48.2 Å². The van der Waals surface area contributed by atoms with Crippen LogP contribution in [0.1, 0.15) is 48.3 Å². The molecule has 2 heterocycles. The van der Waals surface area contributed by atoms with Crippen molar-refractivity contribution in [2.75, 3.05) is 32.8 Å². The molecule has 1 aliphatic rings. The predicted molar refractivity (Wildman–Crippen MR) is 140 cm³/mol. The van der Waals surface area contributed by atoms with Gasteiger partial charge in [0.15, 0.2) is 5.78 Å². The number of piperidine rings is 1. The van der Waals surface area contributed by atoms with E-state index in [1.807, 2.05) is 32.0 Å². The van der Waals surface area contributed by atoms with E-state index in [1.165, 1.54) is 5.56 Å². The Labute approximate surface area is 212 Å². The van der Waals surface area contributed by atoms with Crippen LogP contribution >= 0.6 is 0 Å². The largest absolute Gasteiger partial charge is 0.491 e. The first-order valence-corrected chi connectivity index (χ1v) is 12.7. The molecule has 1 aromatic heterocycles. The fourth-order valence-corrected chi connectivity index (χ4v) is 5.11. The van der Waals surface area contributed by atoms with Crippen molar-refractivity contribution in [1.82, 2.24) is 9.47 Å². The first-order valence-electron chi connectivity index (χ1n) is 12.7. The molecule has 7 heteroatoms. The van der Waals surface area contributed by atoms with Crippen molar-refractivity contribution in [3.8, 4) is 11.4 Å². The highest BCUT2D eigenvalue weighted by Gasteiger charge is 2.27. The number of ether oxygens (including phenoxy) is 2. The molecule has 1 saturated heterocycles. The first kappa shape index (κ1) is 25.9. The molecule has 1 atom stereocenters. The number of benzene rings is 2. The lowest BCUT2D eigenvalue weighted by molar-refractivity contribution is -0.149. The smallest absolute Gasteiger partial charge is 0.309 e. The lowest BCUT2D eigenvalue weighted by atomic mass is 9.97. The maximum absolute atomic E-state index is 12.6. The number of aliphatic hydroxyl groups is 1. The van der Waals surface area contributed by atoms with Crippen LogP contribution in [0.15, 0.2) is 42.5 Å². The van der Waals surface area contributed by atoms with Gasteiger partial charge in [0, 0.05) is 28.9 Å². The fraction of sp³-hybridized carbons (Fsp3) is 0.448. The summed E-state index contributed by atoms with van der Waals surface area (Å²) in [5.41, 5.74) is 4.70. The molecule has 0 radical (unpaired) electrons. The molecule has 3 aromatic rings. The predicted octanol–water partition coefficient (Wildman–Crippen LogP) is 4.46. The Bertz CT molecular complexity index is 1220. The fourth-order valence-electron chi connectivity index (χ4n) is 5.11. The number of carbonyl (C=O) groups excluding carboxylic acids is 2. The number of esters is 1. The second kappa shape index (κ2) is 11.3. The van der Waals surface area contributed by atoms with Crippen LogP contribution in [0, 0.1) is 19.8 Å². The molecule has 0 saturated carbocycles. The van der Waals surface area contributed by atoms with Crippen LogP contribution in [0.5, 0.6) is 5.75 Å². The molecule has 0 spiro atoms. The number of aromatic nitrogens is 1. The molecule has 1 fully saturated rings. The standard InChI is InChI=1S/C29H36N2O5/c1-5-35-29(34)22-12-14-30(15-13-22)17-24(33)18-36-25-10-11-27-26(16-25)28(21(4)32)20(3)31(27)23-8-6-19(2)7-9-23/h6-11,16,22,24,33H,5,12-15,17-18H2,1-4H3/t24-/m1/s1. The third-order valence-electron chi connectivity index (χ3n) is 6.94. The van der Waals surface area contributed by atoms with Gasteiger partial charge < -0.3 is 24.0 Å². The average molecular weight is 493 g/mol. The van der Waals surface area contributed by atoms with Gasteiger partial charge in [0.25, 0.3) is 0 Å². The quantitative estimate of drug-likeness (QED) is 0.351. The van der Waals surface area contributed by atoms with Crippen LogP contribution in [0.25, 0.3) is 16.6 Å². The normalized spacial score (nSPS) is 15.7. The van der Waals surface area contributed by atoms with Gasteiger partial charge in [-0.05, 0) is 84.0 Å². The lowest BCUT2D eigenvalue weighted by Crippen LogP contribution is -2.42. The maximum atomic E-state index is 12.6. The minimum atomic E-state index is -0.661. The van der Waals surface area contributed by atoms with Crippen molar-refractivity contribution in [1.29, 1.82) is 0 Å². The third kappa shape index (κ3) is 5.63. The summed E-state index contributed by atoms with van der Waals surface area (Å²) in [6, 6.07) is 14.0. The summed E-state index contributed by atoms with van der Waals surface area (Å²) in [4.78, 5) is 26.6. The second-order valence-corrected chi connectivity index (χ2v) is 9.66. The molecule has 0 aliphatic carbocycles. The van der Waals surface area contributed by atoms with E-state index in [9.17, 15) is 14.7 Å². The molecule has 7 nitrogen and oxygen atoms in total. The Hall–Kier alpha value is -3.16. The molecular formula is C29H36N2O5. The topological polar surface area (TPSA) is 81.0 Å². The summed E-state index contributed by atoms with van der Waals surface area (Å²) in [5, 5.41) is 11.4. The van der Waals surface area contributed by atoms with Gasteiger partial charge in [-0.25, -0.2) is 0 Å². The van der Waals surface area contributed by atoms with E-state index in [-0.39, 0.29) is 24.3 Å². The van der Waals surface area contributed by atoms with E-state index < -0.39 is 6.10 Å². The molecule has 4 rings (SSSR count). The van der Waals surface area contributed by atoms with Crippen molar-refractivity contribution in [3.05, 3.63) is 59.3 Å². The van der Waals surface area contributed by atoms with Gasteiger partial charge in [0.1, 0.15) is 18.5 Å². The molecule has 0 bridgehead atoms. The number of aryl methyl sites for hydroxylation is 1. The summed E-state index contributed by atoms with van der Waals surface area (Å²) < 4.78 is 13.2. The Morgan fingerprint density at radius 1 is 1.08 bits per heavy atom. The monoisotopic (exact) mass is 492 g/mol. The van der Waals surface area contributed by atoms with Crippen molar-refractivity contribution < 1.29 is 24.2 Å². The van der Waals surface area contributed by atoms with E-state index in [4.69, 9.17) is 9.47 Å². The molecule has 1 aliphatic heterocycles. The van der Waals surface area contributed by atoms with Gasteiger partial charge in [-0.3, -0.25) is 9.59 Å². The van der Waals surface area contributed by atoms with Crippen LogP contribution in [0.2, 0.25) is 0 Å². The summed E-state index contributed by atoms with van der Waals surface area (Å²) in [6.45, 7) is 9.97. The van der Waals surface area contributed by atoms with Crippen LogP contribution in [0.3, 0.4) is 0 Å². The van der Waals surface area contributed by atoms with E-state index in [0.29, 0.717) is 24.5 Å². The van der Waals surface area contributed by atoms with E-state index in [1.54, 1.807) is 6.92 Å². The highest BCUT2D eigenvalue weighted by Crippen LogP contribution is 2.32. The molecular weight excluding hydrogens is 456 g/mol. The van der Waals surface area contributed by atoms with Crippen LogP contribution in [-0.4, -0.2) is 65.3 Å². The number of fused-ring (bicyclic) bond motifs is 1. The Morgan fingerprint density at radius 2 is 1.78 bits per heavy atom. The number of Topliss-reactive ketones (excluding diaryl/α,β-unsaturated/α-hetero) is 1. The number of hydrogen-bond acceptors (Lipinski definition) is 6. The molecule has 0 amide bonds. The highest BCUT2D eigenvalue weighted by molar-refractivity contribution is 6.09. The van der Waals surface area contributed by atoms with Gasteiger partial charge in [-0.2, -0.15) is 0 Å². The van der Waals surface area contributed by atoms with Gasteiger partial charge in [-0.1, -0.05) is 17.7 Å². The zero-order valence-corrected chi connectivity index (χ0v) is 21.6. The summed E-state index contributed by atoms with van der Waals surface area (Å²) in [6.07, 6.45) is 0.827. The van der Waals surface area contributed by atoms with Crippen molar-refractivity contribution in [3.63, 3.8) is 0 Å². The zero-order chi connectivity index (χ0) is 25.8. The van der Waals surface area contributed by atoms with Crippen molar-refractivity contribution in [2.45, 2.75) is 46.6 Å². The van der Waals surface area contributed by atoms with Crippen molar-refractivity contribution in [2.24, 2.45) is 5.92 Å². The zero-order valence-electron chi connectivity index (χ0n) is 21.6. The number of rotatable bonds is 9. The Kier molecular flexibility index (Phi) is 8.11. The number of carbonyl (C=O) groups is 2. The van der Waals surface area contributed by atoms with Gasteiger partial charge in [0.05, 0.1) is 18.0 Å². The average Bonchev–Trinajstić information content (AvgIpc) is 3.15.